The van der Waals surface area contributed by atoms with Gasteiger partial charge in [-0.25, -0.2) is 0 Å². The Morgan fingerprint density at radius 3 is 2.22 bits per heavy atom. The zero-order chi connectivity index (χ0) is 12.5. The highest BCUT2D eigenvalue weighted by atomic mass is 15.0. The third-order valence-electron chi connectivity index (χ3n) is 3.30. The largest absolute Gasteiger partial charge is 0.349 e. The smallest absolute Gasteiger partial charge is 0.0696 e. The third-order valence-corrected chi connectivity index (χ3v) is 3.30. The van der Waals surface area contributed by atoms with E-state index in [1.807, 2.05) is 6.07 Å². The van der Waals surface area contributed by atoms with Gasteiger partial charge in [0.15, 0.2) is 0 Å². The van der Waals surface area contributed by atoms with Gasteiger partial charge in [-0.15, -0.1) is 0 Å². The van der Waals surface area contributed by atoms with Crippen molar-refractivity contribution in [3.05, 3.63) is 66.5 Å². The lowest BCUT2D eigenvalue weighted by molar-refractivity contribution is 0.914. The molecule has 0 bridgehead atoms. The van der Waals surface area contributed by atoms with E-state index in [0.717, 1.165) is 0 Å². The van der Waals surface area contributed by atoms with Gasteiger partial charge in [0, 0.05) is 24.6 Å². The van der Waals surface area contributed by atoms with Crippen LogP contribution in [0.4, 0.5) is 0 Å². The number of aryl methyl sites for hydroxylation is 2. The van der Waals surface area contributed by atoms with E-state index in [1.165, 1.54) is 22.8 Å². The second-order valence-electron chi connectivity index (χ2n) is 4.54. The van der Waals surface area contributed by atoms with Crippen molar-refractivity contribution in [3.8, 4) is 17.1 Å². The van der Waals surface area contributed by atoms with Crippen LogP contribution < -0.4 is 0 Å². The molecule has 2 heterocycles. The normalized spacial score (nSPS) is 10.8. The number of para-hydroxylation sites is 1. The zero-order valence-electron chi connectivity index (χ0n) is 10.7. The summed E-state index contributed by atoms with van der Waals surface area (Å²) >= 11 is 0. The van der Waals surface area contributed by atoms with Crippen LogP contribution in [-0.2, 0) is 7.05 Å². The van der Waals surface area contributed by atoms with Gasteiger partial charge in [-0.2, -0.15) is 0 Å². The third kappa shape index (κ3) is 1.66. The van der Waals surface area contributed by atoms with Crippen molar-refractivity contribution in [2.24, 2.45) is 7.05 Å². The number of nitrogens with zero attached hydrogens (tertiary/aromatic N) is 2. The Labute approximate surface area is 107 Å². The summed E-state index contributed by atoms with van der Waals surface area (Å²) in [6.45, 7) is 2.14. The Morgan fingerprint density at radius 1 is 0.778 bits per heavy atom. The highest BCUT2D eigenvalue weighted by Gasteiger charge is 2.10. The number of rotatable bonds is 2. The summed E-state index contributed by atoms with van der Waals surface area (Å²) in [7, 11) is 2.08. The minimum absolute atomic E-state index is 1.20. The lowest BCUT2D eigenvalue weighted by Gasteiger charge is -2.12. The molecule has 0 atom stereocenters. The van der Waals surface area contributed by atoms with Gasteiger partial charge < -0.3 is 9.13 Å². The zero-order valence-corrected chi connectivity index (χ0v) is 10.7. The standard InChI is InChI=1S/C16H16N2/c1-13-10-11-16(15-9-6-12-17(15)2)18(13)14-7-4-3-5-8-14/h3-12H,1-2H3. The van der Waals surface area contributed by atoms with Crippen LogP contribution in [0.5, 0.6) is 0 Å². The van der Waals surface area contributed by atoms with Crippen molar-refractivity contribution in [3.63, 3.8) is 0 Å². The first-order chi connectivity index (χ1) is 8.77. The molecule has 0 aliphatic carbocycles. The Kier molecular flexibility index (Phi) is 2.56. The quantitative estimate of drug-likeness (QED) is 0.640. The summed E-state index contributed by atoms with van der Waals surface area (Å²) in [4.78, 5) is 0. The van der Waals surface area contributed by atoms with Gasteiger partial charge in [0.1, 0.15) is 0 Å². The summed E-state index contributed by atoms with van der Waals surface area (Å²) < 4.78 is 4.43. The summed E-state index contributed by atoms with van der Waals surface area (Å²) in [6, 6.07) is 19.0. The molecular formula is C16H16N2. The van der Waals surface area contributed by atoms with E-state index < -0.39 is 0 Å². The molecule has 2 aromatic heterocycles. The number of hydrogen-bond acceptors (Lipinski definition) is 0. The molecule has 18 heavy (non-hydrogen) atoms. The number of aromatic nitrogens is 2. The summed E-state index contributed by atoms with van der Waals surface area (Å²) in [6.07, 6.45) is 2.08. The van der Waals surface area contributed by atoms with Crippen molar-refractivity contribution in [2.75, 3.05) is 0 Å². The van der Waals surface area contributed by atoms with Crippen molar-refractivity contribution in [1.82, 2.24) is 9.13 Å². The molecule has 2 nitrogen and oxygen atoms in total. The molecule has 0 radical (unpaired) electrons. The van der Waals surface area contributed by atoms with E-state index in [2.05, 4.69) is 77.8 Å². The summed E-state index contributed by atoms with van der Waals surface area (Å²) in [5, 5.41) is 0. The molecule has 0 saturated carbocycles. The summed E-state index contributed by atoms with van der Waals surface area (Å²) in [5.41, 5.74) is 4.91. The monoisotopic (exact) mass is 236 g/mol. The van der Waals surface area contributed by atoms with Gasteiger partial charge in [0.25, 0.3) is 0 Å². The van der Waals surface area contributed by atoms with Crippen LogP contribution >= 0.6 is 0 Å². The molecule has 1 aromatic carbocycles. The van der Waals surface area contributed by atoms with Crippen LogP contribution in [-0.4, -0.2) is 9.13 Å². The molecule has 0 amide bonds. The Balaban J connectivity index is 2.22. The van der Waals surface area contributed by atoms with E-state index in [0.29, 0.717) is 0 Å². The molecule has 0 saturated heterocycles. The van der Waals surface area contributed by atoms with Crippen molar-refractivity contribution < 1.29 is 0 Å². The molecule has 3 rings (SSSR count). The fourth-order valence-corrected chi connectivity index (χ4v) is 2.39. The molecule has 0 spiro atoms. The second kappa shape index (κ2) is 4.22. The first-order valence-electron chi connectivity index (χ1n) is 6.13. The number of hydrogen-bond donors (Lipinski definition) is 0. The average Bonchev–Trinajstić information content (AvgIpc) is 2.96. The molecule has 0 fully saturated rings. The molecule has 0 N–H and O–H groups in total. The SMILES string of the molecule is Cc1ccc(-c2cccn2C)n1-c1ccccc1. The van der Waals surface area contributed by atoms with Gasteiger partial charge >= 0.3 is 0 Å². The van der Waals surface area contributed by atoms with Crippen LogP contribution in [0.25, 0.3) is 17.1 Å². The molecule has 0 unspecified atom stereocenters. The Hall–Kier alpha value is -2.22. The average molecular weight is 236 g/mol. The highest BCUT2D eigenvalue weighted by molar-refractivity contribution is 5.61. The molecule has 2 heteroatoms. The lowest BCUT2D eigenvalue weighted by Crippen LogP contribution is -2.01. The molecule has 3 aromatic rings. The Bertz CT molecular complexity index is 659. The highest BCUT2D eigenvalue weighted by Crippen LogP contribution is 2.26. The first kappa shape index (κ1) is 10.9. The maximum Gasteiger partial charge on any atom is 0.0696 e. The van der Waals surface area contributed by atoms with Crippen LogP contribution in [0.2, 0.25) is 0 Å². The minimum Gasteiger partial charge on any atom is -0.349 e. The maximum atomic E-state index is 2.29. The molecule has 0 aliphatic heterocycles. The van der Waals surface area contributed by atoms with Crippen LogP contribution in [0.15, 0.2) is 60.8 Å². The van der Waals surface area contributed by atoms with Crippen molar-refractivity contribution in [1.29, 1.82) is 0 Å². The summed E-state index contributed by atoms with van der Waals surface area (Å²) in [5.74, 6) is 0. The first-order valence-corrected chi connectivity index (χ1v) is 6.13. The minimum atomic E-state index is 1.20. The second-order valence-corrected chi connectivity index (χ2v) is 4.54. The Morgan fingerprint density at radius 2 is 1.56 bits per heavy atom. The predicted octanol–water partition coefficient (Wildman–Crippen LogP) is 3.79. The van der Waals surface area contributed by atoms with Gasteiger partial charge in [-0.3, -0.25) is 0 Å². The fourth-order valence-electron chi connectivity index (χ4n) is 2.39. The van der Waals surface area contributed by atoms with Gasteiger partial charge in [0.2, 0.25) is 0 Å². The number of benzene rings is 1. The molecule has 90 valence electrons. The van der Waals surface area contributed by atoms with Gasteiger partial charge in [-0.1, -0.05) is 18.2 Å². The van der Waals surface area contributed by atoms with Gasteiger partial charge in [-0.05, 0) is 43.3 Å². The lowest BCUT2D eigenvalue weighted by atomic mass is 10.2. The van der Waals surface area contributed by atoms with E-state index in [1.54, 1.807) is 0 Å². The van der Waals surface area contributed by atoms with E-state index >= 15 is 0 Å². The van der Waals surface area contributed by atoms with Crippen molar-refractivity contribution in [2.45, 2.75) is 6.92 Å². The predicted molar refractivity (Wildman–Crippen MR) is 74.9 cm³/mol. The van der Waals surface area contributed by atoms with E-state index in [-0.39, 0.29) is 0 Å². The van der Waals surface area contributed by atoms with Crippen LogP contribution in [0, 0.1) is 6.92 Å². The maximum absolute atomic E-state index is 2.29. The van der Waals surface area contributed by atoms with Crippen molar-refractivity contribution >= 4 is 0 Å². The van der Waals surface area contributed by atoms with E-state index in [4.69, 9.17) is 0 Å². The van der Waals surface area contributed by atoms with Crippen LogP contribution in [0.3, 0.4) is 0 Å². The van der Waals surface area contributed by atoms with E-state index in [9.17, 15) is 0 Å². The molecule has 0 aliphatic rings. The van der Waals surface area contributed by atoms with Gasteiger partial charge in [0.05, 0.1) is 11.4 Å². The molecular weight excluding hydrogens is 220 g/mol. The van der Waals surface area contributed by atoms with Crippen LogP contribution in [0.1, 0.15) is 5.69 Å². The fraction of sp³-hybridized carbons (Fsp3) is 0.125. The topological polar surface area (TPSA) is 9.86 Å².